The van der Waals surface area contributed by atoms with Crippen LogP contribution in [-0.2, 0) is 9.53 Å². The van der Waals surface area contributed by atoms with Crippen molar-refractivity contribution in [2.24, 2.45) is 5.73 Å². The molecular formula is C14H25N3O2. The van der Waals surface area contributed by atoms with E-state index in [1.165, 1.54) is 25.8 Å². The maximum absolute atomic E-state index is 12.5. The second-order valence-corrected chi connectivity index (χ2v) is 6.03. The Bertz CT molecular complexity index is 337. The topological polar surface area (TPSA) is 58.8 Å². The van der Waals surface area contributed by atoms with Crippen LogP contribution in [0.2, 0.25) is 0 Å². The van der Waals surface area contributed by atoms with Crippen LogP contribution in [0.1, 0.15) is 32.1 Å². The second-order valence-electron chi connectivity index (χ2n) is 6.03. The van der Waals surface area contributed by atoms with Gasteiger partial charge >= 0.3 is 0 Å². The third-order valence-corrected chi connectivity index (χ3v) is 4.79. The molecule has 3 rings (SSSR count). The van der Waals surface area contributed by atoms with Crippen molar-refractivity contribution in [3.8, 4) is 0 Å². The lowest BCUT2D eigenvalue weighted by Crippen LogP contribution is -2.57. The van der Waals surface area contributed by atoms with Gasteiger partial charge in [-0.05, 0) is 32.2 Å². The number of nitrogens with two attached hydrogens (primary N) is 1. The monoisotopic (exact) mass is 267 g/mol. The molecule has 5 nitrogen and oxygen atoms in total. The van der Waals surface area contributed by atoms with E-state index < -0.39 is 0 Å². The van der Waals surface area contributed by atoms with E-state index in [1.54, 1.807) is 0 Å². The lowest BCUT2D eigenvalue weighted by Gasteiger charge is -2.44. The number of hydrogen-bond acceptors (Lipinski definition) is 4. The zero-order chi connectivity index (χ0) is 13.2. The van der Waals surface area contributed by atoms with Crippen molar-refractivity contribution in [2.45, 2.75) is 50.4 Å². The average molecular weight is 267 g/mol. The summed E-state index contributed by atoms with van der Waals surface area (Å²) < 4.78 is 5.73. The Hall–Kier alpha value is -0.650. The molecule has 0 radical (unpaired) electrons. The van der Waals surface area contributed by atoms with Crippen LogP contribution in [0.3, 0.4) is 0 Å². The maximum Gasteiger partial charge on any atom is 0.251 e. The van der Waals surface area contributed by atoms with Crippen LogP contribution in [0.5, 0.6) is 0 Å². The van der Waals surface area contributed by atoms with Crippen LogP contribution in [0, 0.1) is 0 Å². The number of ether oxygens (including phenoxy) is 1. The maximum atomic E-state index is 12.5. The Kier molecular flexibility index (Phi) is 4.05. The molecule has 1 unspecified atom stereocenters. The Morgan fingerprint density at radius 1 is 1.16 bits per heavy atom. The highest BCUT2D eigenvalue weighted by atomic mass is 16.5. The summed E-state index contributed by atoms with van der Waals surface area (Å²) >= 11 is 0. The summed E-state index contributed by atoms with van der Waals surface area (Å²) in [5, 5.41) is 0. The summed E-state index contributed by atoms with van der Waals surface area (Å²) in [5.74, 6) is 0.196. The molecule has 0 aromatic carbocycles. The van der Waals surface area contributed by atoms with Gasteiger partial charge in [0, 0.05) is 32.2 Å². The van der Waals surface area contributed by atoms with Crippen LogP contribution >= 0.6 is 0 Å². The molecule has 0 aromatic rings. The van der Waals surface area contributed by atoms with Crippen LogP contribution in [0.4, 0.5) is 0 Å². The van der Waals surface area contributed by atoms with Crippen molar-refractivity contribution >= 4 is 5.91 Å². The van der Waals surface area contributed by atoms with E-state index in [0.29, 0.717) is 12.6 Å². The second kappa shape index (κ2) is 5.77. The van der Waals surface area contributed by atoms with Gasteiger partial charge in [0.25, 0.3) is 5.91 Å². The van der Waals surface area contributed by atoms with Crippen molar-refractivity contribution < 1.29 is 9.53 Å². The van der Waals surface area contributed by atoms with E-state index in [0.717, 1.165) is 32.5 Å². The molecule has 3 saturated heterocycles. The molecule has 0 saturated carbocycles. The zero-order valence-corrected chi connectivity index (χ0v) is 11.6. The Balaban J connectivity index is 1.56. The third-order valence-electron chi connectivity index (χ3n) is 4.79. The zero-order valence-electron chi connectivity index (χ0n) is 11.6. The molecule has 3 atom stereocenters. The van der Waals surface area contributed by atoms with Gasteiger partial charge in [0.2, 0.25) is 0 Å². The minimum atomic E-state index is -0.233. The predicted molar refractivity (Wildman–Crippen MR) is 72.7 cm³/mol. The van der Waals surface area contributed by atoms with Gasteiger partial charge < -0.3 is 15.4 Å². The lowest BCUT2D eigenvalue weighted by molar-refractivity contribution is -0.146. The fourth-order valence-corrected chi connectivity index (χ4v) is 3.62. The summed E-state index contributed by atoms with van der Waals surface area (Å²) in [4.78, 5) is 17.0. The van der Waals surface area contributed by atoms with Gasteiger partial charge in [-0.1, -0.05) is 6.42 Å². The fourth-order valence-electron chi connectivity index (χ4n) is 3.62. The molecule has 2 N–H and O–H groups in total. The average Bonchev–Trinajstić information content (AvgIpc) is 2.95. The molecule has 0 spiro atoms. The van der Waals surface area contributed by atoms with Crippen LogP contribution in [-0.4, -0.2) is 66.7 Å². The van der Waals surface area contributed by atoms with Gasteiger partial charge in [-0.2, -0.15) is 0 Å². The highest BCUT2D eigenvalue weighted by Gasteiger charge is 2.37. The molecular weight excluding hydrogens is 242 g/mol. The summed E-state index contributed by atoms with van der Waals surface area (Å²) in [7, 11) is 0. The summed E-state index contributed by atoms with van der Waals surface area (Å²) in [6, 6.07) is 0.582. The van der Waals surface area contributed by atoms with Crippen molar-refractivity contribution in [2.75, 3.05) is 32.7 Å². The number of nitrogens with zero attached hydrogens (tertiary/aromatic N) is 2. The number of amides is 1. The van der Waals surface area contributed by atoms with Crippen molar-refractivity contribution in [3.63, 3.8) is 0 Å². The van der Waals surface area contributed by atoms with Gasteiger partial charge in [-0.3, -0.25) is 9.69 Å². The molecule has 3 aliphatic heterocycles. The SMILES string of the molecule is NC[C@H]1CC[C@@H](C(=O)N2CCN3CCCCC3C2)O1. The fraction of sp³-hybridized carbons (Fsp3) is 0.929. The first-order valence-electron chi connectivity index (χ1n) is 7.66. The molecule has 0 aliphatic carbocycles. The summed E-state index contributed by atoms with van der Waals surface area (Å²) in [6.07, 6.45) is 5.48. The number of carbonyl (C=O) groups excluding carboxylic acids is 1. The first kappa shape index (κ1) is 13.3. The number of piperidine rings is 1. The van der Waals surface area contributed by atoms with Gasteiger partial charge in [0.1, 0.15) is 6.10 Å². The van der Waals surface area contributed by atoms with E-state index in [2.05, 4.69) is 4.90 Å². The van der Waals surface area contributed by atoms with Crippen molar-refractivity contribution in [1.82, 2.24) is 9.80 Å². The van der Waals surface area contributed by atoms with E-state index in [9.17, 15) is 4.79 Å². The van der Waals surface area contributed by atoms with E-state index in [1.807, 2.05) is 4.90 Å². The molecule has 108 valence electrons. The first-order valence-corrected chi connectivity index (χ1v) is 7.66. The van der Waals surface area contributed by atoms with E-state index >= 15 is 0 Å². The Morgan fingerprint density at radius 2 is 2.05 bits per heavy atom. The van der Waals surface area contributed by atoms with Gasteiger partial charge in [-0.15, -0.1) is 0 Å². The Morgan fingerprint density at radius 3 is 2.84 bits per heavy atom. The minimum Gasteiger partial charge on any atom is -0.364 e. The summed E-state index contributed by atoms with van der Waals surface area (Å²) in [6.45, 7) is 4.53. The molecule has 1 amide bonds. The van der Waals surface area contributed by atoms with Crippen molar-refractivity contribution in [3.05, 3.63) is 0 Å². The predicted octanol–water partition coefficient (Wildman–Crippen LogP) is 0.189. The lowest BCUT2D eigenvalue weighted by atomic mass is 9.99. The van der Waals surface area contributed by atoms with Crippen molar-refractivity contribution in [1.29, 1.82) is 0 Å². The largest absolute Gasteiger partial charge is 0.364 e. The minimum absolute atomic E-state index is 0.0879. The molecule has 5 heteroatoms. The Labute approximate surface area is 115 Å². The molecule has 3 fully saturated rings. The first-order chi connectivity index (χ1) is 9.28. The van der Waals surface area contributed by atoms with E-state index in [-0.39, 0.29) is 18.1 Å². The number of carbonyl (C=O) groups is 1. The summed E-state index contributed by atoms with van der Waals surface area (Å²) in [5.41, 5.74) is 5.61. The van der Waals surface area contributed by atoms with Gasteiger partial charge in [0.05, 0.1) is 6.10 Å². The quantitative estimate of drug-likeness (QED) is 0.776. The van der Waals surface area contributed by atoms with Crippen LogP contribution in [0.15, 0.2) is 0 Å². The van der Waals surface area contributed by atoms with E-state index in [4.69, 9.17) is 10.5 Å². The van der Waals surface area contributed by atoms with Gasteiger partial charge in [0.15, 0.2) is 0 Å². The highest BCUT2D eigenvalue weighted by molar-refractivity contribution is 5.81. The standard InChI is InChI=1S/C14H25N3O2/c15-9-12-4-5-13(19-12)14(18)17-8-7-16-6-2-1-3-11(16)10-17/h11-13H,1-10,15H2/t11?,12-,13+/m1/s1. The molecule has 19 heavy (non-hydrogen) atoms. The molecule has 3 aliphatic rings. The number of fused-ring (bicyclic) bond motifs is 1. The highest BCUT2D eigenvalue weighted by Crippen LogP contribution is 2.25. The normalized spacial score (nSPS) is 36.3. The smallest absolute Gasteiger partial charge is 0.251 e. The number of rotatable bonds is 2. The molecule has 3 heterocycles. The van der Waals surface area contributed by atoms with Crippen LogP contribution in [0.25, 0.3) is 0 Å². The van der Waals surface area contributed by atoms with Gasteiger partial charge in [-0.25, -0.2) is 0 Å². The molecule has 0 bridgehead atoms. The third kappa shape index (κ3) is 2.78. The number of piperazine rings is 1. The number of hydrogen-bond donors (Lipinski definition) is 1. The van der Waals surface area contributed by atoms with Crippen LogP contribution < -0.4 is 5.73 Å². The molecule has 0 aromatic heterocycles.